The number of nitrogens with one attached hydrogen (secondary N) is 2. The number of carbonyl (C=O) groups is 1. The quantitative estimate of drug-likeness (QED) is 0.630. The number of amides is 1. The number of nitrogens with two attached hydrogens (primary N) is 1. The number of hydrogen-bond acceptors (Lipinski definition) is 2. The highest BCUT2D eigenvalue weighted by Gasteiger charge is 2.12. The lowest BCUT2D eigenvalue weighted by Gasteiger charge is -2.06. The molecule has 0 spiro atoms. The van der Waals surface area contributed by atoms with E-state index in [0.29, 0.717) is 16.9 Å². The van der Waals surface area contributed by atoms with Gasteiger partial charge in [0.1, 0.15) is 5.82 Å². The highest BCUT2D eigenvalue weighted by atomic mass is 19.1. The van der Waals surface area contributed by atoms with Crippen molar-refractivity contribution in [3.8, 4) is 0 Å². The molecule has 0 fully saturated rings. The molecule has 0 aliphatic heterocycles. The Balaban J connectivity index is 1.93. The molecule has 0 aliphatic rings. The second kappa shape index (κ2) is 4.94. The van der Waals surface area contributed by atoms with Gasteiger partial charge in [0.15, 0.2) is 0 Å². The van der Waals surface area contributed by atoms with Gasteiger partial charge in [-0.2, -0.15) is 0 Å². The summed E-state index contributed by atoms with van der Waals surface area (Å²) in [4.78, 5) is 15.3. The fourth-order valence-corrected chi connectivity index (χ4v) is 2.34. The standard InChI is InChI=1S/C16H14FN3O/c1-9-4-10(17)6-12(5-9)20-16(21)14-8-19-15-7-11(18)2-3-13(14)15/h2-8,19H,18H2,1H3,(H,20,21). The molecule has 4 N–H and O–H groups in total. The Morgan fingerprint density at radius 1 is 1.24 bits per heavy atom. The van der Waals surface area contributed by atoms with Crippen molar-refractivity contribution in [1.82, 2.24) is 4.98 Å². The van der Waals surface area contributed by atoms with E-state index in [9.17, 15) is 9.18 Å². The summed E-state index contributed by atoms with van der Waals surface area (Å²) in [7, 11) is 0. The summed E-state index contributed by atoms with van der Waals surface area (Å²) in [5.41, 5.74) is 8.79. The molecule has 0 radical (unpaired) electrons. The van der Waals surface area contributed by atoms with Crippen LogP contribution in [-0.2, 0) is 0 Å². The fourth-order valence-electron chi connectivity index (χ4n) is 2.34. The van der Waals surface area contributed by atoms with Gasteiger partial charge in [-0.1, -0.05) is 0 Å². The number of halogens is 1. The van der Waals surface area contributed by atoms with E-state index >= 15 is 0 Å². The second-order valence-electron chi connectivity index (χ2n) is 4.98. The van der Waals surface area contributed by atoms with Crippen molar-refractivity contribution in [3.63, 3.8) is 0 Å². The van der Waals surface area contributed by atoms with E-state index < -0.39 is 0 Å². The molecule has 0 aliphatic carbocycles. The van der Waals surface area contributed by atoms with Crippen LogP contribution in [0, 0.1) is 12.7 Å². The summed E-state index contributed by atoms with van der Waals surface area (Å²) in [6.07, 6.45) is 1.62. The lowest BCUT2D eigenvalue weighted by atomic mass is 10.1. The molecule has 0 atom stereocenters. The largest absolute Gasteiger partial charge is 0.399 e. The van der Waals surface area contributed by atoms with E-state index in [1.54, 1.807) is 37.4 Å². The monoisotopic (exact) mass is 283 g/mol. The normalized spacial score (nSPS) is 10.8. The number of anilines is 2. The van der Waals surface area contributed by atoms with Gasteiger partial charge in [0.2, 0.25) is 0 Å². The lowest BCUT2D eigenvalue weighted by molar-refractivity contribution is 0.102. The first-order valence-corrected chi connectivity index (χ1v) is 6.48. The van der Waals surface area contributed by atoms with Gasteiger partial charge >= 0.3 is 0 Å². The van der Waals surface area contributed by atoms with Crippen LogP contribution in [0.25, 0.3) is 10.9 Å². The zero-order valence-corrected chi connectivity index (χ0v) is 11.4. The SMILES string of the molecule is Cc1cc(F)cc(NC(=O)c2c[nH]c3cc(N)ccc23)c1. The topological polar surface area (TPSA) is 70.9 Å². The predicted molar refractivity (Wildman–Crippen MR) is 81.8 cm³/mol. The lowest BCUT2D eigenvalue weighted by Crippen LogP contribution is -2.11. The highest BCUT2D eigenvalue weighted by Crippen LogP contribution is 2.22. The maximum Gasteiger partial charge on any atom is 0.257 e. The van der Waals surface area contributed by atoms with Gasteiger partial charge in [0.25, 0.3) is 5.91 Å². The zero-order chi connectivity index (χ0) is 15.0. The van der Waals surface area contributed by atoms with Crippen molar-refractivity contribution < 1.29 is 9.18 Å². The predicted octanol–water partition coefficient (Wildman–Crippen LogP) is 3.45. The summed E-state index contributed by atoms with van der Waals surface area (Å²) in [5, 5.41) is 3.48. The summed E-state index contributed by atoms with van der Waals surface area (Å²) in [6.45, 7) is 1.77. The molecule has 1 heterocycles. The van der Waals surface area contributed by atoms with E-state index in [1.165, 1.54) is 12.1 Å². The molecule has 4 nitrogen and oxygen atoms in total. The van der Waals surface area contributed by atoms with Crippen LogP contribution in [-0.4, -0.2) is 10.9 Å². The minimum Gasteiger partial charge on any atom is -0.399 e. The number of carbonyl (C=O) groups excluding carboxylic acids is 1. The molecule has 3 aromatic rings. The van der Waals surface area contributed by atoms with Gasteiger partial charge in [0.05, 0.1) is 5.56 Å². The number of fused-ring (bicyclic) bond motifs is 1. The van der Waals surface area contributed by atoms with Gasteiger partial charge < -0.3 is 16.0 Å². The first-order valence-electron chi connectivity index (χ1n) is 6.48. The third-order valence-corrected chi connectivity index (χ3v) is 3.25. The molecule has 0 saturated heterocycles. The van der Waals surface area contributed by atoms with Gasteiger partial charge in [-0.05, 0) is 48.9 Å². The second-order valence-corrected chi connectivity index (χ2v) is 4.98. The van der Waals surface area contributed by atoms with Gasteiger partial charge in [-0.15, -0.1) is 0 Å². The van der Waals surface area contributed by atoms with Crippen molar-refractivity contribution in [2.45, 2.75) is 6.92 Å². The van der Waals surface area contributed by atoms with Gasteiger partial charge in [0, 0.05) is 28.5 Å². The average molecular weight is 283 g/mol. The summed E-state index contributed by atoms with van der Waals surface area (Å²) >= 11 is 0. The Morgan fingerprint density at radius 2 is 2.05 bits per heavy atom. The molecule has 0 saturated carbocycles. The van der Waals surface area contributed by atoms with E-state index in [0.717, 1.165) is 16.5 Å². The molecule has 2 aromatic carbocycles. The molecule has 106 valence electrons. The van der Waals surface area contributed by atoms with Crippen LogP contribution in [0.4, 0.5) is 15.8 Å². The van der Waals surface area contributed by atoms with E-state index in [-0.39, 0.29) is 11.7 Å². The van der Waals surface area contributed by atoms with Crippen molar-refractivity contribution in [1.29, 1.82) is 0 Å². The number of hydrogen-bond donors (Lipinski definition) is 3. The van der Waals surface area contributed by atoms with E-state index in [4.69, 9.17) is 5.73 Å². The third-order valence-electron chi connectivity index (χ3n) is 3.25. The number of benzene rings is 2. The number of H-pyrrole nitrogens is 1. The smallest absolute Gasteiger partial charge is 0.257 e. The number of aromatic nitrogens is 1. The third kappa shape index (κ3) is 2.58. The first kappa shape index (κ1) is 13.2. The molecular weight excluding hydrogens is 269 g/mol. The van der Waals surface area contributed by atoms with E-state index in [1.807, 2.05) is 0 Å². The molecule has 0 unspecified atom stereocenters. The summed E-state index contributed by atoms with van der Waals surface area (Å²) in [6, 6.07) is 9.69. The number of rotatable bonds is 2. The minimum atomic E-state index is -0.378. The molecule has 5 heteroatoms. The highest BCUT2D eigenvalue weighted by molar-refractivity contribution is 6.13. The van der Waals surface area contributed by atoms with Gasteiger partial charge in [-0.3, -0.25) is 4.79 Å². The zero-order valence-electron chi connectivity index (χ0n) is 11.4. The molecule has 1 aromatic heterocycles. The van der Waals surface area contributed by atoms with E-state index in [2.05, 4.69) is 10.3 Å². The number of aromatic amines is 1. The van der Waals surface area contributed by atoms with Crippen LogP contribution >= 0.6 is 0 Å². The first-order chi connectivity index (χ1) is 10.0. The van der Waals surface area contributed by atoms with Crippen molar-refractivity contribution >= 4 is 28.2 Å². The summed E-state index contributed by atoms with van der Waals surface area (Å²) in [5.74, 6) is -0.673. The minimum absolute atomic E-state index is 0.295. The van der Waals surface area contributed by atoms with Crippen molar-refractivity contribution in [2.24, 2.45) is 0 Å². The fraction of sp³-hybridized carbons (Fsp3) is 0.0625. The van der Waals surface area contributed by atoms with Crippen LogP contribution in [0.5, 0.6) is 0 Å². The van der Waals surface area contributed by atoms with Crippen molar-refractivity contribution in [3.05, 3.63) is 59.5 Å². The summed E-state index contributed by atoms with van der Waals surface area (Å²) < 4.78 is 13.3. The molecule has 1 amide bonds. The Morgan fingerprint density at radius 3 is 2.81 bits per heavy atom. The van der Waals surface area contributed by atoms with Crippen LogP contribution in [0.15, 0.2) is 42.6 Å². The Labute approximate surface area is 120 Å². The molecule has 3 rings (SSSR count). The number of aryl methyl sites for hydroxylation is 1. The Kier molecular flexibility index (Phi) is 3.10. The molecule has 21 heavy (non-hydrogen) atoms. The Bertz CT molecular complexity index is 818. The Hall–Kier alpha value is -2.82. The number of nitrogen functional groups attached to an aromatic ring is 1. The molecule has 0 bridgehead atoms. The van der Waals surface area contributed by atoms with Crippen LogP contribution in [0.3, 0.4) is 0 Å². The maximum absolute atomic E-state index is 13.3. The van der Waals surface area contributed by atoms with Crippen LogP contribution in [0.1, 0.15) is 15.9 Å². The van der Waals surface area contributed by atoms with Crippen LogP contribution in [0.2, 0.25) is 0 Å². The average Bonchev–Trinajstić information content (AvgIpc) is 2.80. The maximum atomic E-state index is 13.3. The van der Waals surface area contributed by atoms with Crippen molar-refractivity contribution in [2.75, 3.05) is 11.1 Å². The van der Waals surface area contributed by atoms with Crippen LogP contribution < -0.4 is 11.1 Å². The molecular formula is C16H14FN3O. The van der Waals surface area contributed by atoms with Gasteiger partial charge in [-0.25, -0.2) is 4.39 Å².